The maximum Gasteiger partial charge on any atom is 0.208 e. The Bertz CT molecular complexity index is 2140. The molecule has 7 heteroatoms. The van der Waals surface area contributed by atoms with Gasteiger partial charge < -0.3 is 4.90 Å². The number of hydrogen-bond donors (Lipinski definition) is 0. The van der Waals surface area contributed by atoms with Crippen molar-refractivity contribution in [1.82, 2.24) is 0 Å². The smallest absolute Gasteiger partial charge is 0.208 e. The highest BCUT2D eigenvalue weighted by Gasteiger charge is 2.39. The van der Waals surface area contributed by atoms with Gasteiger partial charge in [0.15, 0.2) is 5.78 Å². The molecule has 2 aromatic heterocycles. The number of ketones is 1. The molecule has 0 N–H and O–H groups in total. The van der Waals surface area contributed by atoms with Crippen LogP contribution in [0.25, 0.3) is 20.5 Å². The number of carbonyl (C=O) groups excluding carboxylic acids is 1. The lowest BCUT2D eigenvalue weighted by atomic mass is 9.73. The van der Waals surface area contributed by atoms with Crippen LogP contribution in [0.15, 0.2) is 112 Å². The first-order valence-electron chi connectivity index (χ1n) is 13.3. The Morgan fingerprint density at radius 3 is 2.10 bits per heavy atom. The van der Waals surface area contributed by atoms with Gasteiger partial charge in [-0.3, -0.25) is 4.79 Å². The van der Waals surface area contributed by atoms with Crippen LogP contribution < -0.4 is 4.90 Å². The molecule has 4 nitrogen and oxygen atoms in total. The second-order valence-corrected chi connectivity index (χ2v) is 14.8. The number of fused-ring (bicyclic) bond motifs is 5. The number of para-hydroxylation sites is 2. The summed E-state index contributed by atoms with van der Waals surface area (Å²) in [4.78, 5) is 16.1. The Morgan fingerprint density at radius 2 is 1.37 bits per heavy atom. The van der Waals surface area contributed by atoms with E-state index in [1.54, 1.807) is 53.0 Å². The van der Waals surface area contributed by atoms with Crippen molar-refractivity contribution >= 4 is 64.1 Å². The molecule has 0 radical (unpaired) electrons. The second-order valence-electron chi connectivity index (χ2n) is 10.9. The molecular formula is C34H23NO3S3. The third-order valence-electron chi connectivity index (χ3n) is 8.34. The third-order valence-corrected chi connectivity index (χ3v) is 12.4. The molecule has 4 heterocycles. The Balaban J connectivity index is 1.40. The van der Waals surface area contributed by atoms with Crippen molar-refractivity contribution in [3.63, 3.8) is 0 Å². The summed E-state index contributed by atoms with van der Waals surface area (Å²) in [6, 6.07) is 30.9. The largest absolute Gasteiger partial charge is 0.301 e. The van der Waals surface area contributed by atoms with Gasteiger partial charge in [-0.1, -0.05) is 68.4 Å². The van der Waals surface area contributed by atoms with E-state index >= 15 is 0 Å². The van der Waals surface area contributed by atoms with Gasteiger partial charge in [-0.15, -0.1) is 22.7 Å². The van der Waals surface area contributed by atoms with Crippen molar-refractivity contribution in [1.29, 1.82) is 0 Å². The molecule has 0 saturated carbocycles. The first-order valence-corrected chi connectivity index (χ1v) is 16.5. The second kappa shape index (κ2) is 8.49. The zero-order chi connectivity index (χ0) is 28.1. The maximum absolute atomic E-state index is 13.6. The molecule has 41 heavy (non-hydrogen) atoms. The predicted molar refractivity (Wildman–Crippen MR) is 167 cm³/mol. The van der Waals surface area contributed by atoms with E-state index in [2.05, 4.69) is 78.7 Å². The van der Waals surface area contributed by atoms with Crippen molar-refractivity contribution in [2.24, 2.45) is 0 Å². The van der Waals surface area contributed by atoms with E-state index in [-0.39, 0.29) is 32.1 Å². The van der Waals surface area contributed by atoms with Gasteiger partial charge in [-0.25, -0.2) is 8.42 Å². The first kappa shape index (κ1) is 24.7. The minimum atomic E-state index is -3.80. The molecule has 0 bridgehead atoms. The van der Waals surface area contributed by atoms with Crippen LogP contribution in [0.1, 0.15) is 40.9 Å². The quantitative estimate of drug-likeness (QED) is 0.202. The van der Waals surface area contributed by atoms with Crippen molar-refractivity contribution in [2.45, 2.75) is 29.1 Å². The minimum Gasteiger partial charge on any atom is -0.301 e. The zero-order valence-electron chi connectivity index (χ0n) is 22.2. The molecule has 2 aliphatic rings. The Hall–Kier alpha value is -4.04. The number of carbonyl (C=O) groups is 1. The van der Waals surface area contributed by atoms with Gasteiger partial charge in [0.1, 0.15) is 5.00 Å². The topological polar surface area (TPSA) is 54.5 Å². The Morgan fingerprint density at radius 1 is 0.732 bits per heavy atom. The first-order chi connectivity index (χ1) is 19.8. The molecule has 0 atom stereocenters. The molecule has 8 rings (SSSR count). The molecule has 2 aliphatic heterocycles. The van der Waals surface area contributed by atoms with E-state index in [1.807, 2.05) is 6.07 Å². The summed E-state index contributed by atoms with van der Waals surface area (Å²) in [5.74, 6) is -0.262. The maximum atomic E-state index is 13.6. The van der Waals surface area contributed by atoms with E-state index < -0.39 is 9.84 Å². The summed E-state index contributed by atoms with van der Waals surface area (Å²) >= 11 is 3.38. The van der Waals surface area contributed by atoms with Crippen molar-refractivity contribution in [3.8, 4) is 11.1 Å². The van der Waals surface area contributed by atoms with Crippen LogP contribution in [-0.2, 0) is 15.3 Å². The molecule has 0 unspecified atom stereocenters. The summed E-state index contributed by atoms with van der Waals surface area (Å²) in [6.45, 7) is 4.53. The lowest BCUT2D eigenvalue weighted by Crippen LogP contribution is -2.30. The molecule has 0 amide bonds. The van der Waals surface area contributed by atoms with Gasteiger partial charge in [0, 0.05) is 26.8 Å². The number of benzene rings is 4. The highest BCUT2D eigenvalue weighted by molar-refractivity contribution is 7.91. The molecule has 0 spiro atoms. The van der Waals surface area contributed by atoms with E-state index in [4.69, 9.17) is 0 Å². The number of rotatable bonds is 2. The molecule has 0 saturated heterocycles. The average Bonchev–Trinajstić information content (AvgIpc) is 3.58. The fourth-order valence-electron chi connectivity index (χ4n) is 6.36. The molecule has 200 valence electrons. The van der Waals surface area contributed by atoms with Gasteiger partial charge in [0.25, 0.3) is 0 Å². The SMILES string of the molecule is CC1(C)c2ccccc2N(c2sc3ccsc3c2-c2ccc3c(c2)C(=O)c2ccccc2S3(=O)=O)c2ccccc21. The van der Waals surface area contributed by atoms with Gasteiger partial charge in [-0.05, 0) is 64.5 Å². The summed E-state index contributed by atoms with van der Waals surface area (Å²) in [6.07, 6.45) is 0. The van der Waals surface area contributed by atoms with Crippen LogP contribution in [0.5, 0.6) is 0 Å². The molecular weight excluding hydrogens is 567 g/mol. The van der Waals surface area contributed by atoms with E-state index in [9.17, 15) is 13.2 Å². The highest BCUT2D eigenvalue weighted by atomic mass is 32.2. The molecule has 0 aliphatic carbocycles. The lowest BCUT2D eigenvalue weighted by molar-refractivity contribution is 0.103. The van der Waals surface area contributed by atoms with Crippen LogP contribution >= 0.6 is 22.7 Å². The number of nitrogens with zero attached hydrogens (tertiary/aromatic N) is 1. The summed E-state index contributed by atoms with van der Waals surface area (Å²) in [5, 5.41) is 3.13. The predicted octanol–water partition coefficient (Wildman–Crippen LogP) is 9.12. The number of thiophene rings is 2. The van der Waals surface area contributed by atoms with Gasteiger partial charge in [-0.2, -0.15) is 0 Å². The van der Waals surface area contributed by atoms with E-state index in [0.717, 1.165) is 36.9 Å². The zero-order valence-corrected chi connectivity index (χ0v) is 24.7. The van der Waals surface area contributed by atoms with Crippen LogP contribution in [0.4, 0.5) is 16.4 Å². The van der Waals surface area contributed by atoms with E-state index in [1.165, 1.54) is 17.2 Å². The number of hydrogen-bond acceptors (Lipinski definition) is 6. The van der Waals surface area contributed by atoms with Crippen LogP contribution in [0.3, 0.4) is 0 Å². The molecule has 0 fully saturated rings. The number of anilines is 3. The molecule has 4 aromatic carbocycles. The minimum absolute atomic E-state index is 0.0690. The summed E-state index contributed by atoms with van der Waals surface area (Å²) < 4.78 is 29.3. The average molecular weight is 590 g/mol. The van der Waals surface area contributed by atoms with Crippen LogP contribution in [0.2, 0.25) is 0 Å². The Labute approximate surface area is 246 Å². The third kappa shape index (κ3) is 3.31. The fraction of sp³-hybridized carbons (Fsp3) is 0.0882. The molecule has 6 aromatic rings. The van der Waals surface area contributed by atoms with Crippen molar-refractivity contribution in [2.75, 3.05) is 4.90 Å². The standard InChI is InChI=1S/C34H23NO3S3/c1-34(2)23-10-4-6-12-25(23)35(26-13-7-5-11-24(26)34)33-30(32-27(40-33)17-18-39-32)20-15-16-29-22(19-20)31(36)21-9-3-8-14-28(21)41(29,37)38/h3-19H,1-2H3. The summed E-state index contributed by atoms with van der Waals surface area (Å²) in [5.41, 5.74) is 6.83. The van der Waals surface area contributed by atoms with Gasteiger partial charge in [0.2, 0.25) is 9.84 Å². The van der Waals surface area contributed by atoms with Crippen molar-refractivity contribution < 1.29 is 13.2 Å². The summed E-state index contributed by atoms with van der Waals surface area (Å²) in [7, 11) is -3.80. The highest BCUT2D eigenvalue weighted by Crippen LogP contribution is 2.57. The van der Waals surface area contributed by atoms with Crippen molar-refractivity contribution in [3.05, 3.63) is 125 Å². The van der Waals surface area contributed by atoms with Gasteiger partial charge >= 0.3 is 0 Å². The van der Waals surface area contributed by atoms with Gasteiger partial charge in [0.05, 0.1) is 25.9 Å². The van der Waals surface area contributed by atoms with Crippen LogP contribution in [0, 0.1) is 0 Å². The lowest BCUT2D eigenvalue weighted by Gasteiger charge is -2.41. The van der Waals surface area contributed by atoms with E-state index in [0.29, 0.717) is 0 Å². The Kier molecular flexibility index (Phi) is 5.12. The normalized spacial score (nSPS) is 16.1. The van der Waals surface area contributed by atoms with Crippen LogP contribution in [-0.4, -0.2) is 14.2 Å². The number of sulfone groups is 1. The monoisotopic (exact) mass is 589 g/mol. The fourth-order valence-corrected chi connectivity index (χ4v) is 10.4.